The van der Waals surface area contributed by atoms with E-state index in [1.165, 1.54) is 0 Å². The van der Waals surface area contributed by atoms with Crippen molar-refractivity contribution < 1.29 is 9.21 Å². The highest BCUT2D eigenvalue weighted by Crippen LogP contribution is 2.31. The molecule has 0 aliphatic carbocycles. The Morgan fingerprint density at radius 3 is 2.96 bits per heavy atom. The average Bonchev–Trinajstić information content (AvgIpc) is 3.24. The molecular formula is C19H24N4O2. The first-order valence-corrected chi connectivity index (χ1v) is 8.63. The van der Waals surface area contributed by atoms with Crippen LogP contribution >= 0.6 is 0 Å². The van der Waals surface area contributed by atoms with E-state index in [0.29, 0.717) is 12.2 Å². The summed E-state index contributed by atoms with van der Waals surface area (Å²) in [6.07, 6.45) is 7.13. The van der Waals surface area contributed by atoms with E-state index in [1.54, 1.807) is 12.5 Å². The summed E-state index contributed by atoms with van der Waals surface area (Å²) in [7, 11) is 0. The van der Waals surface area contributed by atoms with Crippen LogP contribution in [0.1, 0.15) is 37.6 Å². The van der Waals surface area contributed by atoms with Gasteiger partial charge in [-0.05, 0) is 31.9 Å². The first kappa shape index (κ1) is 17.1. The van der Waals surface area contributed by atoms with E-state index < -0.39 is 0 Å². The molecule has 0 bridgehead atoms. The van der Waals surface area contributed by atoms with Crippen molar-refractivity contribution >= 4 is 22.7 Å². The Hall–Kier alpha value is -2.76. The third-order valence-corrected chi connectivity index (χ3v) is 4.51. The van der Waals surface area contributed by atoms with Gasteiger partial charge in [0.1, 0.15) is 5.76 Å². The predicted molar refractivity (Wildman–Crippen MR) is 98.9 cm³/mol. The lowest BCUT2D eigenvalue weighted by molar-refractivity contribution is 0.251. The molecule has 6 nitrogen and oxygen atoms in total. The number of carbonyl (C=O) groups is 1. The third-order valence-electron chi connectivity index (χ3n) is 4.51. The van der Waals surface area contributed by atoms with Crippen LogP contribution in [-0.4, -0.2) is 22.1 Å². The number of aryl methyl sites for hydroxylation is 2. The number of imidazole rings is 1. The van der Waals surface area contributed by atoms with Gasteiger partial charge in [-0.15, -0.1) is 0 Å². The van der Waals surface area contributed by atoms with Gasteiger partial charge in [0.15, 0.2) is 5.58 Å². The summed E-state index contributed by atoms with van der Waals surface area (Å²) in [5.41, 5.74) is 2.56. The number of anilines is 1. The van der Waals surface area contributed by atoms with Gasteiger partial charge in [0.05, 0.1) is 12.0 Å². The Balaban J connectivity index is 1.60. The number of hydrogen-bond acceptors (Lipinski definition) is 3. The first-order chi connectivity index (χ1) is 12.1. The minimum Gasteiger partial charge on any atom is -0.459 e. The molecule has 1 unspecified atom stereocenters. The van der Waals surface area contributed by atoms with Crippen LogP contribution in [0.2, 0.25) is 0 Å². The van der Waals surface area contributed by atoms with Crippen molar-refractivity contribution in [1.29, 1.82) is 0 Å². The number of rotatable bonds is 6. The zero-order valence-electron chi connectivity index (χ0n) is 14.9. The molecule has 3 aromatic rings. The van der Waals surface area contributed by atoms with E-state index in [0.717, 1.165) is 35.1 Å². The van der Waals surface area contributed by atoms with Crippen LogP contribution in [0.15, 0.2) is 41.3 Å². The maximum atomic E-state index is 12.2. The molecule has 6 heteroatoms. The summed E-state index contributed by atoms with van der Waals surface area (Å²) in [6.45, 7) is 6.79. The lowest BCUT2D eigenvalue weighted by atomic mass is 10.1. The van der Waals surface area contributed by atoms with Crippen LogP contribution in [0.25, 0.3) is 11.0 Å². The monoisotopic (exact) mass is 340 g/mol. The normalized spacial score (nSPS) is 12.3. The van der Waals surface area contributed by atoms with E-state index in [2.05, 4.69) is 29.5 Å². The molecule has 2 amide bonds. The lowest BCUT2D eigenvalue weighted by Crippen LogP contribution is -2.30. The molecule has 25 heavy (non-hydrogen) atoms. The van der Waals surface area contributed by atoms with Crippen molar-refractivity contribution in [1.82, 2.24) is 14.9 Å². The van der Waals surface area contributed by atoms with Gasteiger partial charge in [0.25, 0.3) is 0 Å². The smallest absolute Gasteiger partial charge is 0.319 e. The third kappa shape index (κ3) is 3.68. The van der Waals surface area contributed by atoms with Crippen molar-refractivity contribution in [2.45, 2.75) is 39.7 Å². The first-order valence-electron chi connectivity index (χ1n) is 8.63. The number of carbonyl (C=O) groups excluding carboxylic acids is 1. The largest absolute Gasteiger partial charge is 0.459 e. The van der Waals surface area contributed by atoms with Gasteiger partial charge in [0.2, 0.25) is 0 Å². The Bertz CT molecular complexity index is 852. The fraction of sp³-hybridized carbons (Fsp3) is 0.368. The summed E-state index contributed by atoms with van der Waals surface area (Å²) in [5.74, 6) is 0.957. The van der Waals surface area contributed by atoms with Gasteiger partial charge in [0, 0.05) is 36.8 Å². The summed E-state index contributed by atoms with van der Waals surface area (Å²) >= 11 is 0. The fourth-order valence-corrected chi connectivity index (χ4v) is 2.97. The molecule has 132 valence electrons. The van der Waals surface area contributed by atoms with Crippen molar-refractivity contribution in [3.63, 3.8) is 0 Å². The quantitative estimate of drug-likeness (QED) is 0.704. The van der Waals surface area contributed by atoms with E-state index in [1.807, 2.05) is 35.9 Å². The zero-order chi connectivity index (χ0) is 17.8. The maximum Gasteiger partial charge on any atom is 0.319 e. The maximum absolute atomic E-state index is 12.2. The highest BCUT2D eigenvalue weighted by atomic mass is 16.3. The number of benzene rings is 1. The van der Waals surface area contributed by atoms with Gasteiger partial charge in [-0.2, -0.15) is 0 Å². The van der Waals surface area contributed by atoms with Gasteiger partial charge >= 0.3 is 6.03 Å². The number of nitrogens with zero attached hydrogens (tertiary/aromatic N) is 2. The molecule has 1 atom stereocenters. The van der Waals surface area contributed by atoms with Crippen LogP contribution < -0.4 is 10.6 Å². The van der Waals surface area contributed by atoms with Crippen molar-refractivity contribution in [2.75, 3.05) is 11.9 Å². The minimum atomic E-state index is -0.225. The van der Waals surface area contributed by atoms with Crippen LogP contribution in [0.4, 0.5) is 10.5 Å². The summed E-state index contributed by atoms with van der Waals surface area (Å²) < 4.78 is 7.94. The highest BCUT2D eigenvalue weighted by Gasteiger charge is 2.14. The number of hydrogen-bond donors (Lipinski definition) is 2. The summed E-state index contributed by atoms with van der Waals surface area (Å²) in [5, 5.41) is 6.84. The molecule has 0 fully saturated rings. The predicted octanol–water partition coefficient (Wildman–Crippen LogP) is 4.27. The van der Waals surface area contributed by atoms with Crippen molar-refractivity contribution in [3.05, 3.63) is 48.2 Å². The fourth-order valence-electron chi connectivity index (χ4n) is 2.97. The topological polar surface area (TPSA) is 72.1 Å². The Labute approximate surface area is 147 Å². The standard InChI is InChI=1S/C19H24N4O2/c1-4-17-14(3)15-6-5-7-16(18(15)25-17)22-19(24)21-9-8-13(2)23-11-10-20-12-23/h5-7,10-13H,4,8-9H2,1-3H3,(H2,21,22,24). The van der Waals surface area contributed by atoms with E-state index in [9.17, 15) is 4.79 Å². The molecule has 0 saturated carbocycles. The molecule has 0 spiro atoms. The van der Waals surface area contributed by atoms with Crippen LogP contribution in [0, 0.1) is 6.92 Å². The molecular weight excluding hydrogens is 316 g/mol. The number of nitrogens with one attached hydrogen (secondary N) is 2. The van der Waals surface area contributed by atoms with E-state index in [-0.39, 0.29) is 12.1 Å². The second kappa shape index (κ2) is 7.42. The molecule has 3 rings (SSSR count). The lowest BCUT2D eigenvalue weighted by Gasteiger charge is -2.13. The SMILES string of the molecule is CCc1oc2c(NC(=O)NCCC(C)n3ccnc3)cccc2c1C. The number of furan rings is 1. The molecule has 2 aromatic heterocycles. The Kier molecular flexibility index (Phi) is 5.07. The average molecular weight is 340 g/mol. The van der Waals surface area contributed by atoms with Crippen molar-refractivity contribution in [3.8, 4) is 0 Å². The van der Waals surface area contributed by atoms with Crippen molar-refractivity contribution in [2.24, 2.45) is 0 Å². The second-order valence-corrected chi connectivity index (χ2v) is 6.21. The molecule has 0 saturated heterocycles. The number of urea groups is 1. The van der Waals surface area contributed by atoms with E-state index >= 15 is 0 Å². The highest BCUT2D eigenvalue weighted by molar-refractivity contribution is 6.00. The van der Waals surface area contributed by atoms with E-state index in [4.69, 9.17) is 4.42 Å². The number of para-hydroxylation sites is 1. The number of fused-ring (bicyclic) bond motifs is 1. The minimum absolute atomic E-state index is 0.225. The van der Waals surface area contributed by atoms with Crippen LogP contribution in [-0.2, 0) is 6.42 Å². The zero-order valence-corrected chi connectivity index (χ0v) is 14.9. The second-order valence-electron chi connectivity index (χ2n) is 6.21. The van der Waals surface area contributed by atoms with Crippen LogP contribution in [0.5, 0.6) is 0 Å². The number of amides is 2. The van der Waals surface area contributed by atoms with Crippen LogP contribution in [0.3, 0.4) is 0 Å². The van der Waals surface area contributed by atoms with Gasteiger partial charge in [-0.3, -0.25) is 0 Å². The van der Waals surface area contributed by atoms with Gasteiger partial charge < -0.3 is 19.6 Å². The Morgan fingerprint density at radius 2 is 2.24 bits per heavy atom. The molecule has 2 N–H and O–H groups in total. The Morgan fingerprint density at radius 1 is 1.40 bits per heavy atom. The molecule has 0 aliphatic rings. The summed E-state index contributed by atoms with van der Waals surface area (Å²) in [4.78, 5) is 16.2. The summed E-state index contributed by atoms with van der Waals surface area (Å²) in [6, 6.07) is 5.87. The molecule has 2 heterocycles. The molecule has 0 radical (unpaired) electrons. The number of aromatic nitrogens is 2. The van der Waals surface area contributed by atoms with Gasteiger partial charge in [-0.1, -0.05) is 19.1 Å². The van der Waals surface area contributed by atoms with Gasteiger partial charge in [-0.25, -0.2) is 9.78 Å². The molecule has 1 aromatic carbocycles. The molecule has 0 aliphatic heterocycles.